The number of halogens is 1. The number of alkyl halides is 1. The Balaban J connectivity index is 2.98. The van der Waals surface area contributed by atoms with Crippen molar-refractivity contribution in [2.24, 2.45) is 0 Å². The van der Waals surface area contributed by atoms with Crippen molar-refractivity contribution in [3.8, 4) is 0 Å². The van der Waals surface area contributed by atoms with E-state index in [0.717, 1.165) is 0 Å². The lowest BCUT2D eigenvalue weighted by Crippen LogP contribution is -2.07. The monoisotopic (exact) mass is 285 g/mol. The summed E-state index contributed by atoms with van der Waals surface area (Å²) in [5, 5.41) is 0.287. The Morgan fingerprint density at radius 2 is 2.06 bits per heavy atom. The van der Waals surface area contributed by atoms with Gasteiger partial charge in [0.15, 0.2) is 0 Å². The number of hydrogen-bond acceptors (Lipinski definition) is 4. The van der Waals surface area contributed by atoms with Crippen LogP contribution in [0.15, 0.2) is 18.2 Å². The third kappa shape index (κ3) is 3.34. The second-order valence-corrected chi connectivity index (χ2v) is 3.86. The third-order valence-corrected chi connectivity index (χ3v) is 2.61. The van der Waals surface area contributed by atoms with Gasteiger partial charge in [0.25, 0.3) is 0 Å². The van der Waals surface area contributed by atoms with Gasteiger partial charge in [0.1, 0.15) is 5.78 Å². The molecule has 5 heteroatoms. The van der Waals surface area contributed by atoms with Crippen LogP contribution < -0.4 is 5.73 Å². The highest BCUT2D eigenvalue weighted by Gasteiger charge is 2.09. The number of nitrogen functional groups attached to an aromatic ring is 1. The Kier molecular flexibility index (Phi) is 4.49. The summed E-state index contributed by atoms with van der Waals surface area (Å²) in [5.41, 5.74) is 7.16. The minimum atomic E-state index is -0.458. The van der Waals surface area contributed by atoms with Gasteiger partial charge in [-0.25, -0.2) is 4.79 Å². The van der Waals surface area contributed by atoms with Crippen molar-refractivity contribution in [1.29, 1.82) is 0 Å². The van der Waals surface area contributed by atoms with Crippen molar-refractivity contribution in [3.05, 3.63) is 29.3 Å². The molecule has 0 saturated carbocycles. The first-order valence-electron chi connectivity index (χ1n) is 4.62. The van der Waals surface area contributed by atoms with E-state index < -0.39 is 5.97 Å². The average molecular weight is 286 g/mol. The lowest BCUT2D eigenvalue weighted by molar-refractivity contribution is -0.115. The number of rotatable bonds is 4. The zero-order chi connectivity index (χ0) is 12.1. The number of esters is 1. The molecule has 2 N–H and O–H groups in total. The standard InChI is InChI=1S/C11H12BrNO3/c1-16-11(15)8-2-7(3-9(13)5-8)4-10(14)6-12/h2-3,5H,4,6,13H2,1H3. The number of Topliss-reactive ketones (excluding diaryl/α,β-unsaturated/α-hetero) is 1. The molecule has 0 aliphatic carbocycles. The number of benzene rings is 1. The minimum Gasteiger partial charge on any atom is -0.465 e. The maximum absolute atomic E-state index is 11.3. The van der Waals surface area contributed by atoms with Gasteiger partial charge >= 0.3 is 5.97 Å². The molecule has 0 aromatic heterocycles. The Labute approximate surface area is 102 Å². The summed E-state index contributed by atoms with van der Waals surface area (Å²) in [7, 11) is 1.30. The van der Waals surface area contributed by atoms with Gasteiger partial charge < -0.3 is 10.5 Å². The number of carbonyl (C=O) groups is 2. The molecule has 1 aromatic rings. The van der Waals surface area contributed by atoms with Crippen molar-refractivity contribution in [2.75, 3.05) is 18.2 Å². The predicted molar refractivity (Wildman–Crippen MR) is 64.7 cm³/mol. The third-order valence-electron chi connectivity index (χ3n) is 1.99. The van der Waals surface area contributed by atoms with Gasteiger partial charge in [0.2, 0.25) is 0 Å². The molecule has 1 rings (SSSR count). The highest BCUT2D eigenvalue weighted by molar-refractivity contribution is 9.09. The SMILES string of the molecule is COC(=O)c1cc(N)cc(CC(=O)CBr)c1. The molecular weight excluding hydrogens is 274 g/mol. The van der Waals surface area contributed by atoms with Crippen LogP contribution in [0.5, 0.6) is 0 Å². The lowest BCUT2D eigenvalue weighted by Gasteiger charge is -2.05. The average Bonchev–Trinajstić information content (AvgIpc) is 2.27. The first kappa shape index (κ1) is 12.7. The summed E-state index contributed by atoms with van der Waals surface area (Å²) in [6.45, 7) is 0. The van der Waals surface area contributed by atoms with Gasteiger partial charge in [-0.1, -0.05) is 15.9 Å². The van der Waals surface area contributed by atoms with Crippen LogP contribution in [0.1, 0.15) is 15.9 Å². The van der Waals surface area contributed by atoms with Gasteiger partial charge in [0, 0.05) is 12.1 Å². The Morgan fingerprint density at radius 3 is 2.62 bits per heavy atom. The zero-order valence-corrected chi connectivity index (χ0v) is 10.4. The molecule has 0 aliphatic heterocycles. The highest BCUT2D eigenvalue weighted by atomic mass is 79.9. The molecule has 0 atom stereocenters. The molecule has 4 nitrogen and oxygen atoms in total. The van der Waals surface area contributed by atoms with Crippen LogP contribution in [0.25, 0.3) is 0 Å². The van der Waals surface area contributed by atoms with Crippen molar-refractivity contribution < 1.29 is 14.3 Å². The van der Waals surface area contributed by atoms with Gasteiger partial charge in [-0.05, 0) is 23.8 Å². The molecule has 0 radical (unpaired) electrons. The first-order chi connectivity index (χ1) is 7.56. The fraction of sp³-hybridized carbons (Fsp3) is 0.273. The molecule has 0 fully saturated rings. The number of methoxy groups -OCH3 is 1. The number of hydrogen-bond donors (Lipinski definition) is 1. The fourth-order valence-corrected chi connectivity index (χ4v) is 1.53. The van der Waals surface area contributed by atoms with Crippen molar-refractivity contribution >= 4 is 33.4 Å². The molecule has 0 bridgehead atoms. The smallest absolute Gasteiger partial charge is 0.337 e. The maximum atomic E-state index is 11.3. The van der Waals surface area contributed by atoms with E-state index in [0.29, 0.717) is 16.8 Å². The van der Waals surface area contributed by atoms with E-state index in [2.05, 4.69) is 20.7 Å². The van der Waals surface area contributed by atoms with Crippen LogP contribution in [-0.2, 0) is 16.0 Å². The second kappa shape index (κ2) is 5.65. The zero-order valence-electron chi connectivity index (χ0n) is 8.83. The van der Waals surface area contributed by atoms with E-state index in [4.69, 9.17) is 5.73 Å². The largest absolute Gasteiger partial charge is 0.465 e. The second-order valence-electron chi connectivity index (χ2n) is 3.30. The van der Waals surface area contributed by atoms with E-state index in [1.165, 1.54) is 13.2 Å². The number of carbonyl (C=O) groups excluding carboxylic acids is 2. The van der Waals surface area contributed by atoms with Crippen LogP contribution in [-0.4, -0.2) is 24.2 Å². The van der Waals surface area contributed by atoms with E-state index in [9.17, 15) is 9.59 Å². The summed E-state index contributed by atoms with van der Waals surface area (Å²) in [6.07, 6.45) is 0.250. The molecule has 16 heavy (non-hydrogen) atoms. The van der Waals surface area contributed by atoms with Crippen molar-refractivity contribution in [1.82, 2.24) is 0 Å². The van der Waals surface area contributed by atoms with Crippen LogP contribution in [0, 0.1) is 0 Å². The molecule has 1 aromatic carbocycles. The Hall–Kier alpha value is -1.36. The van der Waals surface area contributed by atoms with Crippen LogP contribution in [0.4, 0.5) is 5.69 Å². The van der Waals surface area contributed by atoms with Crippen molar-refractivity contribution in [3.63, 3.8) is 0 Å². The van der Waals surface area contributed by atoms with Gasteiger partial charge in [-0.2, -0.15) is 0 Å². The van der Waals surface area contributed by atoms with Crippen LogP contribution >= 0.6 is 15.9 Å². The molecule has 0 aliphatic rings. The minimum absolute atomic E-state index is 0.0291. The lowest BCUT2D eigenvalue weighted by atomic mass is 10.1. The Morgan fingerprint density at radius 1 is 1.38 bits per heavy atom. The predicted octanol–water partition coefficient (Wildman–Crippen LogP) is 1.56. The summed E-state index contributed by atoms with van der Waals surface area (Å²) < 4.78 is 4.59. The van der Waals surface area contributed by atoms with Gasteiger partial charge in [-0.3, -0.25) is 4.79 Å². The normalized spacial score (nSPS) is 9.88. The summed E-state index contributed by atoms with van der Waals surface area (Å²) in [6, 6.07) is 4.81. The molecule has 0 unspecified atom stereocenters. The summed E-state index contributed by atoms with van der Waals surface area (Å²) in [5.74, 6) is -0.429. The number of ketones is 1. The molecule has 0 amide bonds. The highest BCUT2D eigenvalue weighted by Crippen LogP contribution is 2.14. The number of ether oxygens (including phenoxy) is 1. The molecule has 0 saturated heterocycles. The summed E-state index contributed by atoms with van der Waals surface area (Å²) in [4.78, 5) is 22.5. The van der Waals surface area contributed by atoms with E-state index in [1.807, 2.05) is 0 Å². The maximum Gasteiger partial charge on any atom is 0.337 e. The summed E-state index contributed by atoms with van der Waals surface area (Å²) >= 11 is 3.08. The number of anilines is 1. The number of nitrogens with two attached hydrogens (primary N) is 1. The van der Waals surface area contributed by atoms with Crippen LogP contribution in [0.3, 0.4) is 0 Å². The van der Waals surface area contributed by atoms with Gasteiger partial charge in [-0.15, -0.1) is 0 Å². The Bertz CT molecular complexity index is 418. The first-order valence-corrected chi connectivity index (χ1v) is 5.74. The fourth-order valence-electron chi connectivity index (χ4n) is 1.33. The van der Waals surface area contributed by atoms with E-state index in [-0.39, 0.29) is 17.5 Å². The van der Waals surface area contributed by atoms with E-state index >= 15 is 0 Å². The van der Waals surface area contributed by atoms with E-state index in [1.54, 1.807) is 12.1 Å². The van der Waals surface area contributed by atoms with Gasteiger partial charge in [0.05, 0.1) is 18.0 Å². The molecule has 0 spiro atoms. The quantitative estimate of drug-likeness (QED) is 0.518. The van der Waals surface area contributed by atoms with Crippen LogP contribution in [0.2, 0.25) is 0 Å². The topological polar surface area (TPSA) is 69.4 Å². The molecule has 0 heterocycles. The molecular formula is C11H12BrNO3. The molecule has 86 valence electrons. The van der Waals surface area contributed by atoms with Crippen molar-refractivity contribution in [2.45, 2.75) is 6.42 Å².